The van der Waals surface area contributed by atoms with E-state index in [1.807, 2.05) is 0 Å². The first kappa shape index (κ1) is 4.80. The van der Waals surface area contributed by atoms with Crippen molar-refractivity contribution in [1.82, 2.24) is 0 Å². The number of hydrogen-bond donors (Lipinski definition) is 1. The fraction of sp³-hybridized carbons (Fsp3) is 1.00. The van der Waals surface area contributed by atoms with Gasteiger partial charge in [-0.05, 0) is 12.3 Å². The lowest BCUT2D eigenvalue weighted by molar-refractivity contribution is 0.258. The van der Waals surface area contributed by atoms with Crippen molar-refractivity contribution >= 4 is 0 Å². The second-order valence-electron chi connectivity index (χ2n) is 2.57. The van der Waals surface area contributed by atoms with Crippen LogP contribution in [0.15, 0.2) is 0 Å². The molecule has 1 N–H and O–H groups in total. The number of aliphatic hydroxyl groups excluding tert-OH is 1. The van der Waals surface area contributed by atoms with E-state index in [1.54, 1.807) is 0 Å². The van der Waals surface area contributed by atoms with Crippen LogP contribution in [0.2, 0.25) is 0 Å². The van der Waals surface area contributed by atoms with E-state index in [-0.39, 0.29) is 0 Å². The maximum Gasteiger partial charge on any atom is 0.0564 e. The molecule has 0 bridgehead atoms. The van der Waals surface area contributed by atoms with Crippen molar-refractivity contribution in [3.8, 4) is 0 Å². The summed E-state index contributed by atoms with van der Waals surface area (Å²) in [6.07, 6.45) is 5.76. The van der Waals surface area contributed by atoms with Gasteiger partial charge in [-0.15, -0.1) is 0 Å². The van der Waals surface area contributed by atoms with Crippen LogP contribution in [0.25, 0.3) is 0 Å². The second-order valence-corrected chi connectivity index (χ2v) is 2.57. The molecule has 1 aliphatic rings. The van der Waals surface area contributed by atoms with Crippen LogP contribution >= 0.6 is 0 Å². The molecule has 8 heavy (non-hydrogen) atoms. The summed E-state index contributed by atoms with van der Waals surface area (Å²) in [5, 5.41) is 8.68. The molecular weight excluding hydrogens is 100 g/mol. The SMILES string of the molecule is [2H][C@@H](O)CC1CCCC1. The van der Waals surface area contributed by atoms with Crippen LogP contribution in [-0.4, -0.2) is 11.7 Å². The highest BCUT2D eigenvalue weighted by Crippen LogP contribution is 2.26. The van der Waals surface area contributed by atoms with E-state index in [1.165, 1.54) is 25.7 Å². The third kappa shape index (κ3) is 1.48. The molecule has 1 rings (SSSR count). The van der Waals surface area contributed by atoms with Crippen LogP contribution < -0.4 is 0 Å². The Labute approximate surface area is 52.1 Å². The van der Waals surface area contributed by atoms with E-state index in [2.05, 4.69) is 0 Å². The monoisotopic (exact) mass is 115 g/mol. The number of aliphatic hydroxyl groups is 1. The van der Waals surface area contributed by atoms with Gasteiger partial charge in [-0.25, -0.2) is 0 Å². The summed E-state index contributed by atoms with van der Waals surface area (Å²) in [5.41, 5.74) is 0. The van der Waals surface area contributed by atoms with Crippen molar-refractivity contribution in [2.75, 3.05) is 6.58 Å². The first-order chi connectivity index (χ1) is 4.29. The van der Waals surface area contributed by atoms with Crippen LogP contribution in [0.3, 0.4) is 0 Å². The zero-order chi connectivity index (χ0) is 6.69. The number of rotatable bonds is 2. The van der Waals surface area contributed by atoms with Crippen LogP contribution in [0.4, 0.5) is 0 Å². The summed E-state index contributed by atoms with van der Waals surface area (Å²) in [6.45, 7) is -0.826. The third-order valence-corrected chi connectivity index (χ3v) is 1.91. The fourth-order valence-electron chi connectivity index (χ4n) is 1.40. The minimum Gasteiger partial charge on any atom is -0.396 e. The van der Waals surface area contributed by atoms with Crippen molar-refractivity contribution in [3.63, 3.8) is 0 Å². The molecule has 0 unspecified atom stereocenters. The molecule has 48 valence electrons. The van der Waals surface area contributed by atoms with Gasteiger partial charge in [-0.3, -0.25) is 0 Å². The summed E-state index contributed by atoms with van der Waals surface area (Å²) in [5.74, 6) is 0.650. The van der Waals surface area contributed by atoms with E-state index in [0.29, 0.717) is 12.3 Å². The minimum atomic E-state index is -0.826. The Morgan fingerprint density at radius 3 is 2.62 bits per heavy atom. The van der Waals surface area contributed by atoms with E-state index < -0.39 is 6.58 Å². The van der Waals surface area contributed by atoms with Gasteiger partial charge in [-0.1, -0.05) is 25.7 Å². The van der Waals surface area contributed by atoms with Crippen molar-refractivity contribution in [2.45, 2.75) is 32.1 Å². The first-order valence-electron chi connectivity index (χ1n) is 3.97. The van der Waals surface area contributed by atoms with Gasteiger partial charge in [0, 0.05) is 6.58 Å². The molecule has 1 saturated carbocycles. The molecule has 1 fully saturated rings. The highest BCUT2D eigenvalue weighted by Gasteiger charge is 2.12. The summed E-state index contributed by atoms with van der Waals surface area (Å²) in [4.78, 5) is 0. The van der Waals surface area contributed by atoms with E-state index in [4.69, 9.17) is 6.48 Å². The molecule has 0 saturated heterocycles. The predicted octanol–water partition coefficient (Wildman–Crippen LogP) is 1.56. The van der Waals surface area contributed by atoms with Crippen molar-refractivity contribution in [1.29, 1.82) is 0 Å². The Hall–Kier alpha value is -0.0400. The average molecular weight is 115 g/mol. The summed E-state index contributed by atoms with van der Waals surface area (Å²) in [6, 6.07) is 0. The predicted molar refractivity (Wildman–Crippen MR) is 33.7 cm³/mol. The molecule has 1 nitrogen and oxygen atoms in total. The molecule has 0 amide bonds. The molecule has 1 aliphatic carbocycles. The highest BCUT2D eigenvalue weighted by molar-refractivity contribution is 4.65. The van der Waals surface area contributed by atoms with E-state index in [0.717, 1.165) is 0 Å². The normalized spacial score (nSPS) is 27.9. The molecule has 0 aromatic carbocycles. The Kier molecular flexibility index (Phi) is 1.85. The van der Waals surface area contributed by atoms with Crippen LogP contribution in [-0.2, 0) is 0 Å². The molecule has 1 atom stereocenters. The van der Waals surface area contributed by atoms with Crippen molar-refractivity contribution < 1.29 is 6.48 Å². The molecule has 0 aliphatic heterocycles. The van der Waals surface area contributed by atoms with Gasteiger partial charge in [0.25, 0.3) is 0 Å². The summed E-state index contributed by atoms with van der Waals surface area (Å²) < 4.78 is 6.90. The third-order valence-electron chi connectivity index (χ3n) is 1.91. The lowest BCUT2D eigenvalue weighted by Gasteiger charge is -2.02. The van der Waals surface area contributed by atoms with Gasteiger partial charge < -0.3 is 5.11 Å². The summed E-state index contributed by atoms with van der Waals surface area (Å²) >= 11 is 0. The quantitative estimate of drug-likeness (QED) is 0.579. The number of hydrogen-bond acceptors (Lipinski definition) is 1. The van der Waals surface area contributed by atoms with Gasteiger partial charge in [0.05, 0.1) is 1.37 Å². The minimum absolute atomic E-state index is 0.650. The zero-order valence-corrected chi connectivity index (χ0v) is 5.14. The fourth-order valence-corrected chi connectivity index (χ4v) is 1.40. The van der Waals surface area contributed by atoms with Gasteiger partial charge in [-0.2, -0.15) is 0 Å². The standard InChI is InChI=1S/C7H14O/c8-6-5-7-3-1-2-4-7/h7-8H,1-6H2/i6D/t6-/m1/s1. The van der Waals surface area contributed by atoms with Gasteiger partial charge in [0.1, 0.15) is 0 Å². The molecular formula is C7H14O. The average Bonchev–Trinajstić information content (AvgIpc) is 2.15. The second kappa shape index (κ2) is 3.08. The first-order valence-corrected chi connectivity index (χ1v) is 3.39. The topological polar surface area (TPSA) is 20.2 Å². The molecule has 0 aromatic rings. The Morgan fingerprint density at radius 2 is 2.12 bits per heavy atom. The Morgan fingerprint density at radius 1 is 1.50 bits per heavy atom. The molecule has 1 heteroatoms. The highest BCUT2D eigenvalue weighted by atomic mass is 16.3. The van der Waals surface area contributed by atoms with Gasteiger partial charge in [0.15, 0.2) is 0 Å². The van der Waals surface area contributed by atoms with Crippen molar-refractivity contribution in [3.05, 3.63) is 0 Å². The van der Waals surface area contributed by atoms with Gasteiger partial charge in [0.2, 0.25) is 0 Å². The Bertz CT molecular complexity index is 77.0. The molecule has 0 heterocycles. The Balaban J connectivity index is 2.11. The maximum atomic E-state index is 8.68. The maximum absolute atomic E-state index is 8.68. The smallest absolute Gasteiger partial charge is 0.0564 e. The largest absolute Gasteiger partial charge is 0.396 e. The zero-order valence-electron chi connectivity index (χ0n) is 6.14. The van der Waals surface area contributed by atoms with Crippen LogP contribution in [0, 0.1) is 5.92 Å². The van der Waals surface area contributed by atoms with E-state index >= 15 is 0 Å². The lowest BCUT2D eigenvalue weighted by atomic mass is 10.1. The molecule has 0 spiro atoms. The molecule has 0 radical (unpaired) electrons. The summed E-state index contributed by atoms with van der Waals surface area (Å²) in [7, 11) is 0. The van der Waals surface area contributed by atoms with Crippen LogP contribution in [0.5, 0.6) is 0 Å². The molecule has 0 aromatic heterocycles. The van der Waals surface area contributed by atoms with Crippen LogP contribution in [0.1, 0.15) is 33.5 Å². The lowest BCUT2D eigenvalue weighted by Crippen LogP contribution is -1.95. The van der Waals surface area contributed by atoms with E-state index in [9.17, 15) is 0 Å². The van der Waals surface area contributed by atoms with Gasteiger partial charge >= 0.3 is 0 Å². The van der Waals surface area contributed by atoms with Crippen molar-refractivity contribution in [2.24, 2.45) is 5.92 Å².